The molecule has 0 aliphatic heterocycles. The molecule has 0 atom stereocenters. The predicted octanol–water partition coefficient (Wildman–Crippen LogP) is 2.99. The first-order valence-electron chi connectivity index (χ1n) is 6.33. The fraction of sp³-hybridized carbons (Fsp3) is 0. The summed E-state index contributed by atoms with van der Waals surface area (Å²) in [7, 11) is 0. The van der Waals surface area contributed by atoms with E-state index < -0.39 is 4.92 Å². The summed E-state index contributed by atoms with van der Waals surface area (Å²) in [6, 6.07) is 12.6. The smallest absolute Gasteiger partial charge is 0.269 e. The first-order chi connectivity index (χ1) is 11.0. The minimum absolute atomic E-state index is 0.0123. The molecule has 118 valence electrons. The van der Waals surface area contributed by atoms with Gasteiger partial charge in [0.05, 0.1) is 10.6 Å². The summed E-state index contributed by atoms with van der Waals surface area (Å²) in [4.78, 5) is 22.0. The standard InChI is InChI=1S/C14H11BrN4O3S/c15-10-3-1-9(2-4-10)13(20)16-14(23)18-17-11-5-7-12(8-6-11)19(21)22/h1-8,17H,(H2,16,18,20,23). The molecule has 3 N–H and O–H groups in total. The molecule has 0 saturated heterocycles. The van der Waals surface area contributed by atoms with Gasteiger partial charge in [0.2, 0.25) is 0 Å². The molecule has 2 aromatic carbocycles. The zero-order chi connectivity index (χ0) is 16.8. The van der Waals surface area contributed by atoms with Crippen molar-refractivity contribution in [3.8, 4) is 0 Å². The van der Waals surface area contributed by atoms with Gasteiger partial charge in [-0.25, -0.2) is 0 Å². The molecule has 0 spiro atoms. The van der Waals surface area contributed by atoms with E-state index in [0.29, 0.717) is 11.3 Å². The van der Waals surface area contributed by atoms with Crippen LogP contribution in [-0.2, 0) is 0 Å². The molecule has 0 fully saturated rings. The summed E-state index contributed by atoms with van der Waals surface area (Å²) in [5.41, 5.74) is 6.39. The lowest BCUT2D eigenvalue weighted by Crippen LogP contribution is -2.41. The van der Waals surface area contributed by atoms with Gasteiger partial charge in [-0.3, -0.25) is 31.1 Å². The van der Waals surface area contributed by atoms with Crippen LogP contribution in [0.15, 0.2) is 53.0 Å². The van der Waals surface area contributed by atoms with Crippen LogP contribution in [0.25, 0.3) is 0 Å². The van der Waals surface area contributed by atoms with Crippen LogP contribution in [0, 0.1) is 10.1 Å². The van der Waals surface area contributed by atoms with Crippen molar-refractivity contribution >= 4 is 50.5 Å². The molecule has 2 aromatic rings. The third-order valence-electron chi connectivity index (χ3n) is 2.73. The van der Waals surface area contributed by atoms with Crippen LogP contribution < -0.4 is 16.2 Å². The van der Waals surface area contributed by atoms with Crippen LogP contribution in [0.4, 0.5) is 11.4 Å². The highest BCUT2D eigenvalue weighted by atomic mass is 79.9. The van der Waals surface area contributed by atoms with E-state index in [0.717, 1.165) is 4.47 Å². The molecular formula is C14H11BrN4O3S. The normalized spacial score (nSPS) is 9.78. The second-order valence-corrected chi connectivity index (χ2v) is 5.67. The molecule has 0 unspecified atom stereocenters. The number of anilines is 1. The molecule has 7 nitrogen and oxygen atoms in total. The number of hydrazine groups is 1. The number of nitrogens with one attached hydrogen (secondary N) is 3. The van der Waals surface area contributed by atoms with E-state index >= 15 is 0 Å². The van der Waals surface area contributed by atoms with E-state index in [9.17, 15) is 14.9 Å². The molecule has 2 rings (SSSR count). The van der Waals surface area contributed by atoms with E-state index in [1.54, 1.807) is 24.3 Å². The monoisotopic (exact) mass is 394 g/mol. The third-order valence-corrected chi connectivity index (χ3v) is 3.46. The van der Waals surface area contributed by atoms with Crippen molar-refractivity contribution in [1.29, 1.82) is 0 Å². The highest BCUT2D eigenvalue weighted by Gasteiger charge is 2.08. The maximum Gasteiger partial charge on any atom is 0.269 e. The number of benzene rings is 2. The number of amides is 1. The van der Waals surface area contributed by atoms with Gasteiger partial charge < -0.3 is 0 Å². The number of hydrogen-bond acceptors (Lipinski definition) is 5. The lowest BCUT2D eigenvalue weighted by atomic mass is 10.2. The molecule has 0 saturated carbocycles. The summed E-state index contributed by atoms with van der Waals surface area (Å²) in [6.45, 7) is 0. The van der Waals surface area contributed by atoms with Crippen molar-refractivity contribution in [2.75, 3.05) is 5.43 Å². The highest BCUT2D eigenvalue weighted by molar-refractivity contribution is 9.10. The number of carbonyl (C=O) groups is 1. The van der Waals surface area contributed by atoms with Gasteiger partial charge in [0, 0.05) is 22.2 Å². The second-order valence-electron chi connectivity index (χ2n) is 4.34. The fourth-order valence-corrected chi connectivity index (χ4v) is 2.01. The Balaban J connectivity index is 1.86. The molecule has 0 aliphatic carbocycles. The van der Waals surface area contributed by atoms with Crippen LogP contribution in [0.3, 0.4) is 0 Å². The molecule has 0 aromatic heterocycles. The van der Waals surface area contributed by atoms with E-state index in [-0.39, 0.29) is 16.7 Å². The Kier molecular flexibility index (Phi) is 5.61. The van der Waals surface area contributed by atoms with Crippen LogP contribution in [-0.4, -0.2) is 15.9 Å². The zero-order valence-corrected chi connectivity index (χ0v) is 14.0. The van der Waals surface area contributed by atoms with Gasteiger partial charge in [-0.05, 0) is 48.6 Å². The number of halogens is 1. The third kappa shape index (κ3) is 5.01. The number of nitro groups is 1. The Hall–Kier alpha value is -2.52. The fourth-order valence-electron chi connectivity index (χ4n) is 1.60. The van der Waals surface area contributed by atoms with Crippen molar-refractivity contribution in [3.63, 3.8) is 0 Å². The SMILES string of the molecule is O=C(NC(=S)NNc1ccc([N+](=O)[O-])cc1)c1ccc(Br)cc1. The molecule has 1 amide bonds. The largest absolute Gasteiger partial charge is 0.299 e. The molecule has 23 heavy (non-hydrogen) atoms. The minimum atomic E-state index is -0.486. The summed E-state index contributed by atoms with van der Waals surface area (Å²) in [5.74, 6) is -0.347. The Morgan fingerprint density at radius 1 is 1.09 bits per heavy atom. The number of non-ortho nitro benzene ring substituents is 1. The summed E-state index contributed by atoms with van der Waals surface area (Å²) in [5, 5.41) is 13.1. The summed E-state index contributed by atoms with van der Waals surface area (Å²) < 4.78 is 0.870. The highest BCUT2D eigenvalue weighted by Crippen LogP contribution is 2.14. The number of nitro benzene ring substituents is 1. The zero-order valence-electron chi connectivity index (χ0n) is 11.6. The van der Waals surface area contributed by atoms with Gasteiger partial charge in [0.1, 0.15) is 0 Å². The summed E-state index contributed by atoms with van der Waals surface area (Å²) in [6.07, 6.45) is 0. The number of thiocarbonyl (C=S) groups is 1. The van der Waals surface area contributed by atoms with Gasteiger partial charge in [-0.15, -0.1) is 0 Å². The number of rotatable bonds is 4. The lowest BCUT2D eigenvalue weighted by Gasteiger charge is -2.11. The topological polar surface area (TPSA) is 96.3 Å². The van der Waals surface area contributed by atoms with E-state index in [1.807, 2.05) is 0 Å². The van der Waals surface area contributed by atoms with Crippen LogP contribution in [0.1, 0.15) is 10.4 Å². The molecule has 0 aliphatic rings. The van der Waals surface area contributed by atoms with Crippen LogP contribution in [0.5, 0.6) is 0 Å². The van der Waals surface area contributed by atoms with Crippen molar-refractivity contribution in [3.05, 3.63) is 68.7 Å². The second kappa shape index (κ2) is 7.65. The number of nitrogens with zero attached hydrogens (tertiary/aromatic N) is 1. The molecular weight excluding hydrogens is 384 g/mol. The van der Waals surface area contributed by atoms with Crippen LogP contribution in [0.2, 0.25) is 0 Å². The Labute approximate surface area is 145 Å². The van der Waals surface area contributed by atoms with Crippen molar-refractivity contribution < 1.29 is 9.72 Å². The Morgan fingerprint density at radius 3 is 2.26 bits per heavy atom. The average Bonchev–Trinajstić information content (AvgIpc) is 2.54. The molecule has 0 bridgehead atoms. The van der Waals surface area contributed by atoms with E-state index in [4.69, 9.17) is 12.2 Å². The van der Waals surface area contributed by atoms with Gasteiger partial charge in [-0.2, -0.15) is 0 Å². The first kappa shape index (κ1) is 16.8. The van der Waals surface area contributed by atoms with E-state index in [2.05, 4.69) is 32.1 Å². The van der Waals surface area contributed by atoms with Crippen molar-refractivity contribution in [2.24, 2.45) is 0 Å². The minimum Gasteiger partial charge on any atom is -0.299 e. The number of hydrogen-bond donors (Lipinski definition) is 3. The predicted molar refractivity (Wildman–Crippen MR) is 94.1 cm³/mol. The van der Waals surface area contributed by atoms with Gasteiger partial charge in [0.25, 0.3) is 11.6 Å². The average molecular weight is 395 g/mol. The quantitative estimate of drug-likeness (QED) is 0.419. The van der Waals surface area contributed by atoms with Gasteiger partial charge in [0.15, 0.2) is 5.11 Å². The molecule has 0 heterocycles. The first-order valence-corrected chi connectivity index (χ1v) is 7.53. The number of carbonyl (C=O) groups excluding carboxylic acids is 1. The molecule has 9 heteroatoms. The van der Waals surface area contributed by atoms with Crippen LogP contribution >= 0.6 is 28.1 Å². The maximum atomic E-state index is 11.9. The molecule has 0 radical (unpaired) electrons. The Morgan fingerprint density at radius 2 is 1.70 bits per heavy atom. The van der Waals surface area contributed by atoms with Gasteiger partial charge in [-0.1, -0.05) is 15.9 Å². The lowest BCUT2D eigenvalue weighted by molar-refractivity contribution is -0.384. The summed E-state index contributed by atoms with van der Waals surface area (Å²) >= 11 is 8.29. The Bertz CT molecular complexity index is 735. The van der Waals surface area contributed by atoms with Crippen molar-refractivity contribution in [1.82, 2.24) is 10.7 Å². The van der Waals surface area contributed by atoms with Crippen molar-refractivity contribution in [2.45, 2.75) is 0 Å². The maximum absolute atomic E-state index is 11.9. The van der Waals surface area contributed by atoms with Gasteiger partial charge >= 0.3 is 0 Å². The van der Waals surface area contributed by atoms with E-state index in [1.165, 1.54) is 24.3 Å².